The quantitative estimate of drug-likeness (QED) is 0.596. The smallest absolute Gasteiger partial charge is 0.119 e. The van der Waals surface area contributed by atoms with Crippen LogP contribution in [0, 0.1) is 0 Å². The van der Waals surface area contributed by atoms with E-state index in [2.05, 4.69) is 6.92 Å². The molecule has 0 bridgehead atoms. The van der Waals surface area contributed by atoms with Crippen molar-refractivity contribution in [2.24, 2.45) is 0 Å². The number of phenolic OH excluding ortho intramolecular Hbond substituents is 2. The molecule has 0 amide bonds. The fourth-order valence-corrected chi connectivity index (χ4v) is 2.16. The number of hydrogen-bond acceptors (Lipinski definition) is 2. The van der Waals surface area contributed by atoms with Crippen molar-refractivity contribution in [1.82, 2.24) is 0 Å². The summed E-state index contributed by atoms with van der Waals surface area (Å²) in [4.78, 5) is 0. The lowest BCUT2D eigenvalue weighted by molar-refractivity contribution is 0.430. The van der Waals surface area contributed by atoms with Gasteiger partial charge in [0.25, 0.3) is 0 Å². The summed E-state index contributed by atoms with van der Waals surface area (Å²) in [5.41, 5.74) is 1.51. The van der Waals surface area contributed by atoms with Gasteiger partial charge in [-0.25, -0.2) is 0 Å². The molecule has 0 aliphatic carbocycles. The summed E-state index contributed by atoms with van der Waals surface area (Å²) in [6, 6.07) is 3.44. The summed E-state index contributed by atoms with van der Waals surface area (Å²) >= 11 is 0. The van der Waals surface area contributed by atoms with Crippen molar-refractivity contribution in [2.75, 3.05) is 0 Å². The minimum Gasteiger partial charge on any atom is -0.508 e. The van der Waals surface area contributed by atoms with Crippen molar-refractivity contribution < 1.29 is 10.2 Å². The highest BCUT2D eigenvalue weighted by Gasteiger charge is 2.20. The number of aromatic hydroxyl groups is 2. The molecule has 0 atom stereocenters. The van der Waals surface area contributed by atoms with Crippen molar-refractivity contribution in [3.05, 3.63) is 23.3 Å². The Balaban J connectivity index is 2.81. The maximum absolute atomic E-state index is 10.0. The van der Waals surface area contributed by atoms with Gasteiger partial charge in [-0.05, 0) is 36.0 Å². The molecule has 1 rings (SSSR count). The second kappa shape index (κ2) is 6.12. The molecule has 102 valence electrons. The molecule has 0 aliphatic rings. The standard InChI is InChI=1S/C16H26O2/c1-5-6-7-8-9-12-10-15(18)13(11-14(12)17)16(2,3)4/h10-11,17-18H,5-9H2,1-4H3. The number of benzene rings is 1. The summed E-state index contributed by atoms with van der Waals surface area (Å²) in [5.74, 6) is 0.611. The van der Waals surface area contributed by atoms with E-state index < -0.39 is 0 Å². The van der Waals surface area contributed by atoms with Crippen molar-refractivity contribution in [3.8, 4) is 11.5 Å². The maximum atomic E-state index is 10.0. The monoisotopic (exact) mass is 250 g/mol. The molecule has 0 saturated carbocycles. The molecule has 0 saturated heterocycles. The first kappa shape index (κ1) is 14.9. The summed E-state index contributed by atoms with van der Waals surface area (Å²) in [5, 5.41) is 20.1. The summed E-state index contributed by atoms with van der Waals surface area (Å²) in [6.45, 7) is 8.27. The Morgan fingerprint density at radius 1 is 0.944 bits per heavy atom. The Bertz CT molecular complexity index is 389. The molecule has 1 aromatic rings. The van der Waals surface area contributed by atoms with Gasteiger partial charge in [0, 0.05) is 5.56 Å². The van der Waals surface area contributed by atoms with Crippen LogP contribution in [0.25, 0.3) is 0 Å². The van der Waals surface area contributed by atoms with E-state index in [1.54, 1.807) is 12.1 Å². The van der Waals surface area contributed by atoms with Crippen LogP contribution < -0.4 is 0 Å². The van der Waals surface area contributed by atoms with Crippen LogP contribution in [0.3, 0.4) is 0 Å². The molecule has 18 heavy (non-hydrogen) atoms. The molecule has 2 heteroatoms. The highest BCUT2D eigenvalue weighted by Crippen LogP contribution is 2.36. The van der Waals surface area contributed by atoms with Crippen LogP contribution >= 0.6 is 0 Å². The van der Waals surface area contributed by atoms with E-state index in [0.717, 1.165) is 24.0 Å². The number of unbranched alkanes of at least 4 members (excludes halogenated alkanes) is 3. The lowest BCUT2D eigenvalue weighted by atomic mass is 9.85. The molecule has 0 radical (unpaired) electrons. The van der Waals surface area contributed by atoms with Gasteiger partial charge in [-0.3, -0.25) is 0 Å². The van der Waals surface area contributed by atoms with E-state index in [1.807, 2.05) is 20.8 Å². The van der Waals surface area contributed by atoms with Crippen LogP contribution in [0.5, 0.6) is 11.5 Å². The van der Waals surface area contributed by atoms with E-state index in [9.17, 15) is 10.2 Å². The molecular formula is C16H26O2. The molecule has 2 N–H and O–H groups in total. The fraction of sp³-hybridized carbons (Fsp3) is 0.625. The lowest BCUT2D eigenvalue weighted by Crippen LogP contribution is -2.11. The maximum Gasteiger partial charge on any atom is 0.119 e. The third-order valence-electron chi connectivity index (χ3n) is 3.30. The van der Waals surface area contributed by atoms with Gasteiger partial charge in [-0.1, -0.05) is 47.0 Å². The normalized spacial score (nSPS) is 11.8. The number of aryl methyl sites for hydroxylation is 1. The highest BCUT2D eigenvalue weighted by atomic mass is 16.3. The van der Waals surface area contributed by atoms with E-state index in [0.29, 0.717) is 11.5 Å². The molecule has 0 aliphatic heterocycles. The van der Waals surface area contributed by atoms with Gasteiger partial charge < -0.3 is 10.2 Å². The minimum atomic E-state index is -0.150. The number of hydrogen-bond donors (Lipinski definition) is 2. The minimum absolute atomic E-state index is 0.150. The topological polar surface area (TPSA) is 40.5 Å². The van der Waals surface area contributed by atoms with Crippen LogP contribution in [-0.4, -0.2) is 10.2 Å². The first-order valence-corrected chi connectivity index (χ1v) is 6.91. The van der Waals surface area contributed by atoms with Crippen molar-refractivity contribution >= 4 is 0 Å². The van der Waals surface area contributed by atoms with Crippen LogP contribution in [0.1, 0.15) is 64.5 Å². The average Bonchev–Trinajstić information content (AvgIpc) is 2.27. The second-order valence-corrected chi connectivity index (χ2v) is 6.06. The van der Waals surface area contributed by atoms with E-state index >= 15 is 0 Å². The Morgan fingerprint density at radius 3 is 2.17 bits per heavy atom. The first-order valence-electron chi connectivity index (χ1n) is 6.91. The fourth-order valence-electron chi connectivity index (χ4n) is 2.16. The zero-order valence-electron chi connectivity index (χ0n) is 12.1. The van der Waals surface area contributed by atoms with Gasteiger partial charge in [0.2, 0.25) is 0 Å². The Labute approximate surface area is 111 Å². The third-order valence-corrected chi connectivity index (χ3v) is 3.30. The lowest BCUT2D eigenvalue weighted by Gasteiger charge is -2.21. The third kappa shape index (κ3) is 3.94. The van der Waals surface area contributed by atoms with Gasteiger partial charge in [0.1, 0.15) is 11.5 Å². The van der Waals surface area contributed by atoms with Crippen LogP contribution in [0.4, 0.5) is 0 Å². The highest BCUT2D eigenvalue weighted by molar-refractivity contribution is 5.47. The molecule has 1 aromatic carbocycles. The molecular weight excluding hydrogens is 224 g/mol. The molecule has 0 spiro atoms. The summed E-state index contributed by atoms with van der Waals surface area (Å²) in [7, 11) is 0. The van der Waals surface area contributed by atoms with Gasteiger partial charge in [0.05, 0.1) is 0 Å². The zero-order chi connectivity index (χ0) is 13.8. The number of rotatable bonds is 5. The molecule has 0 aromatic heterocycles. The summed E-state index contributed by atoms with van der Waals surface area (Å²) < 4.78 is 0. The molecule has 0 unspecified atom stereocenters. The first-order chi connectivity index (χ1) is 8.36. The average molecular weight is 250 g/mol. The number of phenols is 2. The van der Waals surface area contributed by atoms with Crippen molar-refractivity contribution in [3.63, 3.8) is 0 Å². The molecule has 2 nitrogen and oxygen atoms in total. The van der Waals surface area contributed by atoms with Crippen LogP contribution in [0.2, 0.25) is 0 Å². The van der Waals surface area contributed by atoms with Crippen molar-refractivity contribution in [2.45, 2.75) is 65.2 Å². The predicted octanol–water partition coefficient (Wildman–Crippen LogP) is 4.52. The van der Waals surface area contributed by atoms with E-state index in [4.69, 9.17) is 0 Å². The largest absolute Gasteiger partial charge is 0.508 e. The van der Waals surface area contributed by atoms with Crippen molar-refractivity contribution in [1.29, 1.82) is 0 Å². The van der Waals surface area contributed by atoms with E-state index in [1.165, 1.54) is 19.3 Å². The Hall–Kier alpha value is -1.18. The van der Waals surface area contributed by atoms with Crippen LogP contribution in [0.15, 0.2) is 12.1 Å². The van der Waals surface area contributed by atoms with Gasteiger partial charge in [-0.15, -0.1) is 0 Å². The Kier molecular flexibility index (Phi) is 5.06. The van der Waals surface area contributed by atoms with Gasteiger partial charge >= 0.3 is 0 Å². The van der Waals surface area contributed by atoms with Gasteiger partial charge in [-0.2, -0.15) is 0 Å². The SMILES string of the molecule is CCCCCCc1cc(O)c(C(C)(C)C)cc1O. The van der Waals surface area contributed by atoms with Gasteiger partial charge in [0.15, 0.2) is 0 Å². The predicted molar refractivity (Wildman–Crippen MR) is 76.3 cm³/mol. The molecule has 0 heterocycles. The summed E-state index contributed by atoms with van der Waals surface area (Å²) in [6.07, 6.45) is 5.52. The Morgan fingerprint density at radius 2 is 1.61 bits per heavy atom. The molecule has 0 fully saturated rings. The van der Waals surface area contributed by atoms with Crippen LogP contribution in [-0.2, 0) is 11.8 Å². The van der Waals surface area contributed by atoms with E-state index in [-0.39, 0.29) is 5.41 Å². The zero-order valence-corrected chi connectivity index (χ0v) is 12.1. The second-order valence-electron chi connectivity index (χ2n) is 6.06.